The average molecular weight is 192 g/mol. The normalized spacial score (nSPS) is 14.2. The Labute approximate surface area is 79.6 Å². The van der Waals surface area contributed by atoms with E-state index in [1.54, 1.807) is 6.20 Å². The maximum Gasteiger partial charge on any atom is 0.120 e. The van der Waals surface area contributed by atoms with Crippen LogP contribution in [0.15, 0.2) is 11.4 Å². The first kappa shape index (κ1) is 11.6. The minimum Gasteiger partial charge on any atom is -0.392 e. The van der Waals surface area contributed by atoms with Crippen LogP contribution in [0.3, 0.4) is 0 Å². The molecule has 1 atom stereocenters. The van der Waals surface area contributed by atoms with Crippen LogP contribution in [0.5, 0.6) is 0 Å². The topological polar surface area (TPSA) is 41.3 Å². The van der Waals surface area contributed by atoms with Crippen LogP contribution < -0.4 is 11.1 Å². The predicted molar refractivity (Wildman–Crippen MR) is 53.9 cm³/mol. The first-order valence-electron chi connectivity index (χ1n) is 4.09. The summed E-state index contributed by atoms with van der Waals surface area (Å²) in [6.07, 6.45) is 2.71. The van der Waals surface area contributed by atoms with Gasteiger partial charge >= 0.3 is 0 Å². The molecule has 0 amide bonds. The fourth-order valence-electron chi connectivity index (χ4n) is 0.866. The molecule has 0 aromatic carbocycles. The van der Waals surface area contributed by atoms with Gasteiger partial charge < -0.3 is 16.0 Å². The van der Waals surface area contributed by atoms with Gasteiger partial charge in [0.2, 0.25) is 0 Å². The van der Waals surface area contributed by atoms with Crippen molar-refractivity contribution in [3.63, 3.8) is 0 Å². The van der Waals surface area contributed by atoms with Crippen molar-refractivity contribution < 1.29 is 0 Å². The van der Waals surface area contributed by atoms with Gasteiger partial charge in [0.25, 0.3) is 0 Å². The van der Waals surface area contributed by atoms with Gasteiger partial charge in [0, 0.05) is 26.3 Å². The lowest BCUT2D eigenvalue weighted by atomic mass is 10.2. The Morgan fingerprint density at radius 1 is 1.75 bits per heavy atom. The van der Waals surface area contributed by atoms with Crippen LogP contribution >= 0.6 is 11.6 Å². The second-order valence-corrected chi connectivity index (χ2v) is 3.18. The van der Waals surface area contributed by atoms with Crippen LogP contribution in [0.1, 0.15) is 13.3 Å². The zero-order valence-corrected chi connectivity index (χ0v) is 8.73. The molecule has 3 N–H and O–H groups in total. The van der Waals surface area contributed by atoms with Gasteiger partial charge in [-0.3, -0.25) is 0 Å². The van der Waals surface area contributed by atoms with Crippen molar-refractivity contribution >= 4 is 11.6 Å². The zero-order chi connectivity index (χ0) is 9.56. The number of nitrogens with one attached hydrogen (secondary N) is 1. The van der Waals surface area contributed by atoms with Crippen LogP contribution in [0.25, 0.3) is 0 Å². The smallest absolute Gasteiger partial charge is 0.120 e. The molecule has 0 aliphatic rings. The van der Waals surface area contributed by atoms with Crippen molar-refractivity contribution in [3.05, 3.63) is 11.4 Å². The van der Waals surface area contributed by atoms with Crippen molar-refractivity contribution in [3.8, 4) is 0 Å². The summed E-state index contributed by atoms with van der Waals surface area (Å²) in [4.78, 5) is 1.99. The SMILES string of the molecule is CN/C=C(/Cl)N(C)C(C)CCN. The first-order chi connectivity index (χ1) is 5.63. The number of rotatable bonds is 5. The van der Waals surface area contributed by atoms with E-state index in [1.807, 2.05) is 19.0 Å². The summed E-state index contributed by atoms with van der Waals surface area (Å²) in [7, 11) is 3.78. The van der Waals surface area contributed by atoms with E-state index in [9.17, 15) is 0 Å². The number of nitrogens with zero attached hydrogens (tertiary/aromatic N) is 1. The molecule has 0 aromatic heterocycles. The largest absolute Gasteiger partial charge is 0.392 e. The van der Waals surface area contributed by atoms with Crippen molar-refractivity contribution in [2.24, 2.45) is 5.73 Å². The van der Waals surface area contributed by atoms with E-state index >= 15 is 0 Å². The standard InChI is InChI=1S/C8H18ClN3/c1-7(4-5-10)12(3)8(9)6-11-2/h6-7,11H,4-5,10H2,1-3H3/b8-6-. The Hall–Kier alpha value is -0.410. The summed E-state index contributed by atoms with van der Waals surface area (Å²) in [5.41, 5.74) is 5.44. The molecule has 1 unspecified atom stereocenters. The van der Waals surface area contributed by atoms with E-state index in [-0.39, 0.29) is 0 Å². The highest BCUT2D eigenvalue weighted by Crippen LogP contribution is 2.11. The first-order valence-corrected chi connectivity index (χ1v) is 4.47. The average Bonchev–Trinajstić information content (AvgIpc) is 2.04. The zero-order valence-electron chi connectivity index (χ0n) is 7.97. The molecule has 0 saturated carbocycles. The fourth-order valence-corrected chi connectivity index (χ4v) is 1.14. The van der Waals surface area contributed by atoms with E-state index in [4.69, 9.17) is 17.3 Å². The number of hydrogen-bond acceptors (Lipinski definition) is 3. The highest BCUT2D eigenvalue weighted by molar-refractivity contribution is 6.29. The van der Waals surface area contributed by atoms with E-state index in [0.717, 1.165) is 6.42 Å². The van der Waals surface area contributed by atoms with Gasteiger partial charge in [0.15, 0.2) is 0 Å². The number of hydrogen-bond donors (Lipinski definition) is 2. The number of halogens is 1. The lowest BCUT2D eigenvalue weighted by Gasteiger charge is -2.25. The van der Waals surface area contributed by atoms with Gasteiger partial charge in [-0.15, -0.1) is 0 Å². The minimum atomic E-state index is 0.382. The molecular formula is C8H18ClN3. The van der Waals surface area contributed by atoms with Crippen LogP contribution in [0.2, 0.25) is 0 Å². The molecule has 0 aliphatic carbocycles. The molecule has 0 aliphatic heterocycles. The molecule has 72 valence electrons. The van der Waals surface area contributed by atoms with Crippen LogP contribution in [-0.2, 0) is 0 Å². The Balaban J connectivity index is 3.99. The van der Waals surface area contributed by atoms with Crippen LogP contribution in [0.4, 0.5) is 0 Å². The molecule has 4 heteroatoms. The third-order valence-corrected chi connectivity index (χ3v) is 2.22. The monoisotopic (exact) mass is 191 g/mol. The highest BCUT2D eigenvalue weighted by atomic mass is 35.5. The summed E-state index contributed by atoms with van der Waals surface area (Å²) < 4.78 is 0. The van der Waals surface area contributed by atoms with E-state index in [0.29, 0.717) is 17.7 Å². The van der Waals surface area contributed by atoms with Crippen LogP contribution in [0, 0.1) is 0 Å². The Kier molecular flexibility index (Phi) is 5.93. The Morgan fingerprint density at radius 2 is 2.33 bits per heavy atom. The van der Waals surface area contributed by atoms with Gasteiger partial charge in [-0.2, -0.15) is 0 Å². The van der Waals surface area contributed by atoms with Crippen molar-refractivity contribution in [2.75, 3.05) is 20.6 Å². The summed E-state index contributed by atoms with van der Waals surface area (Å²) in [6.45, 7) is 2.79. The molecule has 0 radical (unpaired) electrons. The van der Waals surface area contributed by atoms with Crippen molar-refractivity contribution in [1.29, 1.82) is 0 Å². The van der Waals surface area contributed by atoms with Gasteiger partial charge in [0.05, 0.1) is 0 Å². The number of nitrogens with two attached hydrogens (primary N) is 1. The van der Waals surface area contributed by atoms with Crippen LogP contribution in [-0.4, -0.2) is 31.6 Å². The lowest BCUT2D eigenvalue weighted by Crippen LogP contribution is -2.29. The Morgan fingerprint density at radius 3 is 2.75 bits per heavy atom. The molecule has 0 heterocycles. The molecule has 0 saturated heterocycles. The Bertz CT molecular complexity index is 147. The van der Waals surface area contributed by atoms with Gasteiger partial charge in [-0.05, 0) is 19.9 Å². The maximum atomic E-state index is 5.95. The molecule has 0 fully saturated rings. The van der Waals surface area contributed by atoms with Gasteiger partial charge in [-0.1, -0.05) is 11.6 Å². The van der Waals surface area contributed by atoms with Crippen molar-refractivity contribution in [2.45, 2.75) is 19.4 Å². The molecular weight excluding hydrogens is 174 g/mol. The summed E-state index contributed by atoms with van der Waals surface area (Å²) in [5, 5.41) is 3.59. The van der Waals surface area contributed by atoms with E-state index in [1.165, 1.54) is 0 Å². The summed E-state index contributed by atoms with van der Waals surface area (Å²) >= 11 is 5.95. The van der Waals surface area contributed by atoms with E-state index in [2.05, 4.69) is 12.2 Å². The molecule has 3 nitrogen and oxygen atoms in total. The van der Waals surface area contributed by atoms with Gasteiger partial charge in [0.1, 0.15) is 5.16 Å². The summed E-state index contributed by atoms with van der Waals surface area (Å²) in [6, 6.07) is 0.382. The lowest BCUT2D eigenvalue weighted by molar-refractivity contribution is 0.327. The third-order valence-electron chi connectivity index (χ3n) is 1.85. The molecule has 12 heavy (non-hydrogen) atoms. The minimum absolute atomic E-state index is 0.382. The second-order valence-electron chi connectivity index (χ2n) is 2.79. The van der Waals surface area contributed by atoms with E-state index < -0.39 is 0 Å². The predicted octanol–water partition coefficient (Wildman–Crippen LogP) is 0.913. The highest BCUT2D eigenvalue weighted by Gasteiger charge is 2.08. The molecule has 0 aromatic rings. The second kappa shape index (κ2) is 6.14. The molecule has 0 rings (SSSR count). The third kappa shape index (κ3) is 3.83. The molecule has 0 spiro atoms. The summed E-state index contributed by atoms with van der Waals surface area (Å²) in [5.74, 6) is 0. The van der Waals surface area contributed by atoms with Gasteiger partial charge in [-0.25, -0.2) is 0 Å². The van der Waals surface area contributed by atoms with Crippen molar-refractivity contribution in [1.82, 2.24) is 10.2 Å². The quantitative estimate of drug-likeness (QED) is 0.635. The molecule has 0 bridgehead atoms. The fraction of sp³-hybridized carbons (Fsp3) is 0.750. The maximum absolute atomic E-state index is 5.95.